The summed E-state index contributed by atoms with van der Waals surface area (Å²) in [7, 11) is 0. The smallest absolute Gasteiger partial charge is 0.343 e. The van der Waals surface area contributed by atoms with Crippen LogP contribution in [0.1, 0.15) is 33.2 Å². The molecular weight excluding hydrogens is 380 g/mol. The predicted molar refractivity (Wildman–Crippen MR) is 114 cm³/mol. The molecule has 1 aromatic heterocycles. The molecule has 0 amide bonds. The van der Waals surface area contributed by atoms with E-state index >= 15 is 0 Å². The molecule has 0 aliphatic carbocycles. The largest absolute Gasteiger partial charge is 0.462 e. The van der Waals surface area contributed by atoms with Crippen molar-refractivity contribution in [1.82, 2.24) is 0 Å². The lowest BCUT2D eigenvalue weighted by atomic mass is 10.1. The van der Waals surface area contributed by atoms with Crippen molar-refractivity contribution < 1.29 is 23.5 Å². The van der Waals surface area contributed by atoms with Gasteiger partial charge in [-0.25, -0.2) is 9.59 Å². The van der Waals surface area contributed by atoms with E-state index in [9.17, 15) is 9.59 Å². The highest BCUT2D eigenvalue weighted by atomic mass is 16.5. The Morgan fingerprint density at radius 3 is 2.33 bits per heavy atom. The van der Waals surface area contributed by atoms with Crippen LogP contribution in [-0.4, -0.2) is 18.5 Å². The van der Waals surface area contributed by atoms with Gasteiger partial charge in [0, 0.05) is 10.9 Å². The summed E-state index contributed by atoms with van der Waals surface area (Å²) in [4.78, 5) is 25.2. The monoisotopic (exact) mass is 400 g/mol. The van der Waals surface area contributed by atoms with Crippen LogP contribution in [0.25, 0.3) is 22.3 Å². The van der Waals surface area contributed by atoms with Crippen molar-refractivity contribution >= 4 is 22.9 Å². The summed E-state index contributed by atoms with van der Waals surface area (Å²) in [5.74, 6) is -0.221. The molecule has 0 bridgehead atoms. The van der Waals surface area contributed by atoms with E-state index in [2.05, 4.69) is 0 Å². The molecule has 30 heavy (non-hydrogen) atoms. The van der Waals surface area contributed by atoms with Gasteiger partial charge in [-0.2, -0.15) is 0 Å². The number of benzene rings is 3. The van der Waals surface area contributed by atoms with Crippen molar-refractivity contribution in [3.05, 3.63) is 89.5 Å². The molecule has 4 rings (SSSR count). The number of hydrogen-bond acceptors (Lipinski definition) is 5. The number of esters is 2. The summed E-state index contributed by atoms with van der Waals surface area (Å²) >= 11 is 0. The first kappa shape index (κ1) is 19.5. The second kappa shape index (κ2) is 8.25. The van der Waals surface area contributed by atoms with E-state index < -0.39 is 11.9 Å². The Bertz CT molecular complexity index is 1200. The van der Waals surface area contributed by atoms with E-state index in [1.807, 2.05) is 49.4 Å². The van der Waals surface area contributed by atoms with Gasteiger partial charge in [-0.1, -0.05) is 48.0 Å². The normalized spacial score (nSPS) is 10.7. The first-order valence-corrected chi connectivity index (χ1v) is 9.64. The Morgan fingerprint density at radius 2 is 1.63 bits per heavy atom. The quantitative estimate of drug-likeness (QED) is 0.313. The molecule has 3 aromatic carbocycles. The van der Waals surface area contributed by atoms with E-state index in [0.717, 1.165) is 11.1 Å². The summed E-state index contributed by atoms with van der Waals surface area (Å²) in [6, 6.07) is 21.4. The molecule has 0 saturated heterocycles. The molecule has 0 aliphatic rings. The molecule has 1 heterocycles. The van der Waals surface area contributed by atoms with E-state index in [4.69, 9.17) is 13.9 Å². The SMILES string of the molecule is CCOC(=O)c1c(-c2ccccc2)oc2ccc(OC(=O)c3ccc(C)cc3)cc12. The number of carbonyl (C=O) groups is 2. The number of ether oxygens (including phenoxy) is 2. The Balaban J connectivity index is 1.75. The molecule has 5 heteroatoms. The zero-order valence-corrected chi connectivity index (χ0v) is 16.7. The standard InChI is InChI=1S/C25H20O5/c1-3-28-25(27)22-20-15-19(29-24(26)18-11-9-16(2)10-12-18)13-14-21(20)30-23(22)17-7-5-4-6-8-17/h4-15H,3H2,1-2H3. The summed E-state index contributed by atoms with van der Waals surface area (Å²) in [5, 5.41) is 0.529. The second-order valence-corrected chi connectivity index (χ2v) is 6.81. The van der Waals surface area contributed by atoms with Crippen LogP contribution >= 0.6 is 0 Å². The summed E-state index contributed by atoms with van der Waals surface area (Å²) < 4.78 is 16.7. The fraction of sp³-hybridized carbons (Fsp3) is 0.120. The minimum absolute atomic E-state index is 0.238. The number of hydrogen-bond donors (Lipinski definition) is 0. The molecule has 0 radical (unpaired) electrons. The first-order chi connectivity index (χ1) is 14.6. The predicted octanol–water partition coefficient (Wildman–Crippen LogP) is 5.80. The Hall–Kier alpha value is -3.86. The maximum atomic E-state index is 12.7. The molecule has 0 N–H and O–H groups in total. The van der Waals surface area contributed by atoms with Crippen LogP contribution in [0.5, 0.6) is 5.75 Å². The van der Waals surface area contributed by atoms with E-state index in [1.54, 1.807) is 37.3 Å². The van der Waals surface area contributed by atoms with Crippen LogP contribution in [0.4, 0.5) is 0 Å². The van der Waals surface area contributed by atoms with Gasteiger partial charge >= 0.3 is 11.9 Å². The van der Waals surface area contributed by atoms with Crippen LogP contribution in [0.3, 0.4) is 0 Å². The minimum atomic E-state index is -0.489. The summed E-state index contributed by atoms with van der Waals surface area (Å²) in [5.41, 5.74) is 3.08. The highest BCUT2D eigenvalue weighted by Gasteiger charge is 2.24. The molecule has 0 unspecified atom stereocenters. The van der Waals surface area contributed by atoms with Gasteiger partial charge in [0.25, 0.3) is 0 Å². The highest BCUT2D eigenvalue weighted by molar-refractivity contribution is 6.09. The van der Waals surface area contributed by atoms with E-state index in [1.165, 1.54) is 0 Å². The average Bonchev–Trinajstić information content (AvgIpc) is 3.14. The number of rotatable bonds is 5. The molecule has 0 spiro atoms. The zero-order valence-electron chi connectivity index (χ0n) is 16.7. The lowest BCUT2D eigenvalue weighted by Crippen LogP contribution is -2.08. The molecular formula is C25H20O5. The second-order valence-electron chi connectivity index (χ2n) is 6.81. The third-order valence-electron chi connectivity index (χ3n) is 4.67. The van der Waals surface area contributed by atoms with Crippen LogP contribution in [-0.2, 0) is 4.74 Å². The van der Waals surface area contributed by atoms with Crippen LogP contribution in [0.2, 0.25) is 0 Å². The van der Waals surface area contributed by atoms with Gasteiger partial charge < -0.3 is 13.9 Å². The van der Waals surface area contributed by atoms with Crippen LogP contribution in [0, 0.1) is 6.92 Å². The summed E-state index contributed by atoms with van der Waals surface area (Å²) in [6.07, 6.45) is 0. The fourth-order valence-electron chi connectivity index (χ4n) is 3.19. The fourth-order valence-corrected chi connectivity index (χ4v) is 3.19. The first-order valence-electron chi connectivity index (χ1n) is 9.64. The van der Waals surface area contributed by atoms with Gasteiger partial charge in [-0.05, 0) is 44.2 Å². The Labute approximate surface area is 173 Å². The molecule has 0 saturated carbocycles. The third kappa shape index (κ3) is 3.82. The van der Waals surface area contributed by atoms with Gasteiger partial charge in [0.2, 0.25) is 0 Å². The minimum Gasteiger partial charge on any atom is -0.462 e. The van der Waals surface area contributed by atoms with Crippen molar-refractivity contribution in [3.63, 3.8) is 0 Å². The molecule has 0 atom stereocenters. The van der Waals surface area contributed by atoms with Gasteiger partial charge in [-0.15, -0.1) is 0 Å². The van der Waals surface area contributed by atoms with Crippen molar-refractivity contribution in [2.75, 3.05) is 6.61 Å². The number of aryl methyl sites for hydroxylation is 1. The molecule has 4 aromatic rings. The van der Waals surface area contributed by atoms with Crippen molar-refractivity contribution in [3.8, 4) is 17.1 Å². The highest BCUT2D eigenvalue weighted by Crippen LogP contribution is 2.36. The van der Waals surface area contributed by atoms with Gasteiger partial charge in [-0.3, -0.25) is 0 Å². The molecule has 150 valence electrons. The Kier molecular flexibility index (Phi) is 5.35. The van der Waals surface area contributed by atoms with Crippen molar-refractivity contribution in [1.29, 1.82) is 0 Å². The maximum absolute atomic E-state index is 12.7. The summed E-state index contributed by atoms with van der Waals surface area (Å²) in [6.45, 7) is 3.93. The average molecular weight is 400 g/mol. The van der Waals surface area contributed by atoms with Crippen LogP contribution < -0.4 is 4.74 Å². The number of furan rings is 1. The molecule has 0 fully saturated rings. The van der Waals surface area contributed by atoms with Crippen molar-refractivity contribution in [2.45, 2.75) is 13.8 Å². The molecule has 0 aliphatic heterocycles. The van der Waals surface area contributed by atoms with Gasteiger partial charge in [0.05, 0.1) is 12.2 Å². The van der Waals surface area contributed by atoms with E-state index in [0.29, 0.717) is 33.6 Å². The molecule has 5 nitrogen and oxygen atoms in total. The van der Waals surface area contributed by atoms with Crippen LogP contribution in [0.15, 0.2) is 77.2 Å². The zero-order chi connectivity index (χ0) is 21.1. The van der Waals surface area contributed by atoms with Crippen molar-refractivity contribution in [2.24, 2.45) is 0 Å². The Morgan fingerprint density at radius 1 is 0.900 bits per heavy atom. The van der Waals surface area contributed by atoms with Gasteiger partial charge in [0.15, 0.2) is 0 Å². The van der Waals surface area contributed by atoms with Gasteiger partial charge in [0.1, 0.15) is 22.7 Å². The lowest BCUT2D eigenvalue weighted by molar-refractivity contribution is 0.0528. The third-order valence-corrected chi connectivity index (χ3v) is 4.67. The van der Waals surface area contributed by atoms with E-state index in [-0.39, 0.29) is 6.61 Å². The number of fused-ring (bicyclic) bond motifs is 1. The lowest BCUT2D eigenvalue weighted by Gasteiger charge is -2.06. The maximum Gasteiger partial charge on any atom is 0.343 e. The topological polar surface area (TPSA) is 65.7 Å². The number of carbonyl (C=O) groups excluding carboxylic acids is 2.